The highest BCUT2D eigenvalue weighted by molar-refractivity contribution is 7.18. The van der Waals surface area contributed by atoms with E-state index in [0.29, 0.717) is 16.2 Å². The minimum Gasteiger partial charge on any atom is -0.488 e. The van der Waals surface area contributed by atoms with E-state index in [1.54, 1.807) is 20.8 Å². The third-order valence-corrected chi connectivity index (χ3v) is 6.90. The van der Waals surface area contributed by atoms with Crippen LogP contribution in [0.4, 0.5) is 22.4 Å². The SMILES string of the molecule is CC(C)(C)OC(=O)NC(CO)COc1cc(Cl)c(-c2nnc(-c3cc4cc(C(F)(F)F)cc(Cl)c4[nH]3)s2)cc1F. The molecule has 40 heavy (non-hydrogen) atoms. The monoisotopic (exact) mass is 620 g/mol. The fourth-order valence-electron chi connectivity index (χ4n) is 3.53. The van der Waals surface area contributed by atoms with Gasteiger partial charge in [-0.1, -0.05) is 34.5 Å². The number of hydrogen-bond donors (Lipinski definition) is 3. The molecule has 2 aromatic carbocycles. The van der Waals surface area contributed by atoms with Crippen molar-refractivity contribution >= 4 is 51.5 Å². The summed E-state index contributed by atoms with van der Waals surface area (Å²) in [6, 6.07) is 4.70. The summed E-state index contributed by atoms with van der Waals surface area (Å²) in [5, 5.41) is 20.8. The molecular weight excluding hydrogens is 599 g/mol. The van der Waals surface area contributed by atoms with Crippen molar-refractivity contribution in [1.82, 2.24) is 20.5 Å². The van der Waals surface area contributed by atoms with Gasteiger partial charge in [-0.25, -0.2) is 9.18 Å². The van der Waals surface area contributed by atoms with Crippen molar-refractivity contribution < 1.29 is 36.9 Å². The molecule has 0 aliphatic rings. The number of fused-ring (bicyclic) bond motifs is 1. The molecule has 4 rings (SSSR count). The van der Waals surface area contributed by atoms with Crippen LogP contribution in [-0.4, -0.2) is 51.2 Å². The summed E-state index contributed by atoms with van der Waals surface area (Å²) in [6.07, 6.45) is -5.33. The quantitative estimate of drug-likeness (QED) is 0.190. The number of nitrogens with zero attached hydrogens (tertiary/aromatic N) is 2. The number of ether oxygens (including phenoxy) is 2. The molecule has 4 aromatic rings. The zero-order chi connectivity index (χ0) is 29.4. The molecule has 2 heterocycles. The number of hydrogen-bond acceptors (Lipinski definition) is 7. The van der Waals surface area contributed by atoms with Gasteiger partial charge in [-0.2, -0.15) is 13.2 Å². The van der Waals surface area contributed by atoms with Gasteiger partial charge in [-0.15, -0.1) is 10.2 Å². The summed E-state index contributed by atoms with van der Waals surface area (Å²) < 4.78 is 64.9. The smallest absolute Gasteiger partial charge is 0.416 e. The second-order valence-corrected chi connectivity index (χ2v) is 11.4. The van der Waals surface area contributed by atoms with Gasteiger partial charge in [-0.05, 0) is 45.0 Å². The number of carbonyl (C=O) groups is 1. The molecule has 0 saturated carbocycles. The van der Waals surface area contributed by atoms with Crippen molar-refractivity contribution in [1.29, 1.82) is 0 Å². The van der Waals surface area contributed by atoms with E-state index in [1.165, 1.54) is 12.1 Å². The number of benzene rings is 2. The molecule has 8 nitrogen and oxygen atoms in total. The number of aromatic amines is 1. The number of rotatable bonds is 7. The summed E-state index contributed by atoms with van der Waals surface area (Å²) in [4.78, 5) is 14.9. The molecule has 0 saturated heterocycles. The number of carbonyl (C=O) groups excluding carboxylic acids is 1. The fraction of sp³-hybridized carbons (Fsp3) is 0.320. The summed E-state index contributed by atoms with van der Waals surface area (Å²) in [6.45, 7) is 4.28. The second-order valence-electron chi connectivity index (χ2n) is 9.61. The molecule has 0 aliphatic carbocycles. The Hall–Kier alpha value is -3.13. The largest absolute Gasteiger partial charge is 0.488 e. The topological polar surface area (TPSA) is 109 Å². The summed E-state index contributed by atoms with van der Waals surface area (Å²) in [7, 11) is 0. The van der Waals surface area contributed by atoms with Crippen molar-refractivity contribution in [3.8, 4) is 27.0 Å². The Morgan fingerprint density at radius 3 is 2.45 bits per heavy atom. The number of aliphatic hydroxyl groups is 1. The second kappa shape index (κ2) is 11.4. The average molecular weight is 621 g/mol. The van der Waals surface area contributed by atoms with Crippen LogP contribution in [-0.2, 0) is 10.9 Å². The van der Waals surface area contributed by atoms with Gasteiger partial charge in [0.1, 0.15) is 17.2 Å². The van der Waals surface area contributed by atoms with Crippen molar-refractivity contribution in [2.45, 2.75) is 38.6 Å². The van der Waals surface area contributed by atoms with Gasteiger partial charge < -0.3 is 24.9 Å². The lowest BCUT2D eigenvalue weighted by Gasteiger charge is -2.23. The Bertz CT molecular complexity index is 1550. The van der Waals surface area contributed by atoms with Crippen LogP contribution in [0, 0.1) is 5.82 Å². The minimum atomic E-state index is -4.56. The normalized spacial score (nSPS) is 12.9. The lowest BCUT2D eigenvalue weighted by molar-refractivity contribution is -0.137. The van der Waals surface area contributed by atoms with Crippen LogP contribution in [0.15, 0.2) is 30.3 Å². The molecule has 1 atom stereocenters. The lowest BCUT2D eigenvalue weighted by Crippen LogP contribution is -2.44. The van der Waals surface area contributed by atoms with E-state index >= 15 is 0 Å². The first-order valence-electron chi connectivity index (χ1n) is 11.6. The maximum atomic E-state index is 14.9. The third kappa shape index (κ3) is 6.95. The molecule has 214 valence electrons. The van der Waals surface area contributed by atoms with E-state index in [-0.39, 0.29) is 38.4 Å². The van der Waals surface area contributed by atoms with Gasteiger partial charge in [0.05, 0.1) is 39.5 Å². The molecule has 1 unspecified atom stereocenters. The van der Waals surface area contributed by atoms with Crippen molar-refractivity contribution in [3.05, 3.63) is 51.8 Å². The Morgan fingerprint density at radius 1 is 1.10 bits per heavy atom. The maximum Gasteiger partial charge on any atom is 0.416 e. The van der Waals surface area contributed by atoms with Crippen LogP contribution in [0.3, 0.4) is 0 Å². The average Bonchev–Trinajstić information content (AvgIpc) is 3.49. The molecule has 0 radical (unpaired) electrons. The molecular formula is C25H22Cl2F4N4O4S. The number of halogens is 6. The number of aromatic nitrogens is 3. The highest BCUT2D eigenvalue weighted by Gasteiger charge is 2.31. The molecule has 15 heteroatoms. The highest BCUT2D eigenvalue weighted by Crippen LogP contribution is 2.40. The first kappa shape index (κ1) is 29.8. The Labute approximate surface area is 239 Å². The van der Waals surface area contributed by atoms with Crippen molar-refractivity contribution in [2.75, 3.05) is 13.2 Å². The predicted molar refractivity (Wildman–Crippen MR) is 143 cm³/mol. The first-order valence-corrected chi connectivity index (χ1v) is 13.2. The van der Waals surface area contributed by atoms with E-state index in [2.05, 4.69) is 20.5 Å². The van der Waals surface area contributed by atoms with Crippen LogP contribution in [0.5, 0.6) is 5.75 Å². The minimum absolute atomic E-state index is 0.0780. The van der Waals surface area contributed by atoms with Gasteiger partial charge in [0.25, 0.3) is 0 Å². The van der Waals surface area contributed by atoms with Crippen LogP contribution < -0.4 is 10.1 Å². The molecule has 0 bridgehead atoms. The standard InChI is InChI=1S/C25H22Cl2F4N4O4S/c1-24(2,3)39-23(37)32-13(9-36)10-38-19-8-15(26)14(7-17(19)28)21-34-35-22(40-21)18-5-11-4-12(25(29,30)31)6-16(27)20(11)33-18/h4-8,13,33,36H,9-10H2,1-3H3,(H,32,37). The maximum absolute atomic E-state index is 14.9. The van der Waals surface area contributed by atoms with Crippen LogP contribution in [0.25, 0.3) is 32.2 Å². The number of nitrogens with one attached hydrogen (secondary N) is 2. The predicted octanol–water partition coefficient (Wildman–Crippen LogP) is 7.08. The van der Waals surface area contributed by atoms with Gasteiger partial charge in [0.2, 0.25) is 0 Å². The molecule has 1 amide bonds. The van der Waals surface area contributed by atoms with Gasteiger partial charge in [0.15, 0.2) is 16.6 Å². The van der Waals surface area contributed by atoms with Crippen LogP contribution in [0.1, 0.15) is 26.3 Å². The Kier molecular flexibility index (Phi) is 8.50. The van der Waals surface area contributed by atoms with Crippen LogP contribution >= 0.6 is 34.5 Å². The number of aliphatic hydroxyl groups excluding tert-OH is 1. The van der Waals surface area contributed by atoms with Crippen molar-refractivity contribution in [3.63, 3.8) is 0 Å². The molecule has 2 aromatic heterocycles. The molecule has 0 spiro atoms. The molecule has 3 N–H and O–H groups in total. The van der Waals surface area contributed by atoms with E-state index in [4.69, 9.17) is 32.7 Å². The van der Waals surface area contributed by atoms with E-state index in [9.17, 15) is 27.5 Å². The number of amides is 1. The number of alkyl halides is 3. The zero-order valence-corrected chi connectivity index (χ0v) is 23.4. The third-order valence-electron chi connectivity index (χ3n) is 5.30. The van der Waals surface area contributed by atoms with E-state index in [0.717, 1.165) is 29.5 Å². The zero-order valence-electron chi connectivity index (χ0n) is 21.1. The van der Waals surface area contributed by atoms with E-state index < -0.39 is 41.9 Å². The van der Waals surface area contributed by atoms with Crippen LogP contribution in [0.2, 0.25) is 10.0 Å². The Balaban J connectivity index is 1.51. The first-order chi connectivity index (χ1) is 18.6. The molecule has 0 fully saturated rings. The highest BCUT2D eigenvalue weighted by atomic mass is 35.5. The van der Waals surface area contributed by atoms with Gasteiger partial charge in [0, 0.05) is 17.0 Å². The fourth-order valence-corrected chi connectivity index (χ4v) is 4.95. The Morgan fingerprint density at radius 2 is 1.80 bits per heavy atom. The number of alkyl carbamates (subject to hydrolysis) is 1. The summed E-state index contributed by atoms with van der Waals surface area (Å²) in [5.74, 6) is -1.02. The van der Waals surface area contributed by atoms with E-state index in [1.807, 2.05) is 0 Å². The lowest BCUT2D eigenvalue weighted by atomic mass is 10.1. The van der Waals surface area contributed by atoms with Gasteiger partial charge in [-0.3, -0.25) is 0 Å². The summed E-state index contributed by atoms with van der Waals surface area (Å²) >= 11 is 13.4. The van der Waals surface area contributed by atoms with Gasteiger partial charge >= 0.3 is 12.3 Å². The summed E-state index contributed by atoms with van der Waals surface area (Å²) in [5.41, 5.74) is -0.764. The van der Waals surface area contributed by atoms with Crippen molar-refractivity contribution in [2.24, 2.45) is 0 Å². The number of H-pyrrole nitrogens is 1. The molecule has 0 aliphatic heterocycles.